The maximum Gasteiger partial charge on any atom is 0.251 e. The molecule has 0 saturated carbocycles. The van der Waals surface area contributed by atoms with Crippen LogP contribution in [0.15, 0.2) is 36.7 Å². The summed E-state index contributed by atoms with van der Waals surface area (Å²) < 4.78 is 13.0. The molecule has 2 aliphatic heterocycles. The summed E-state index contributed by atoms with van der Waals surface area (Å²) >= 11 is 0. The van der Waals surface area contributed by atoms with Crippen LogP contribution in [0, 0.1) is 0 Å². The quantitative estimate of drug-likeness (QED) is 0.638. The standard InChI is InChI=1S/C20H21N5O4/c1-28-15-7-12-6-13(8-15)21-3-5-24-14(9-17(26)20(24)27)11-29-18-2-4-25-19(23-18)16(12)10-22-25/h2,4,6-8,10,14,17,21,26H,3,5,9,11H2,1H3/t14-,17+/m0/s1. The molecular formula is C20H21N5O4. The van der Waals surface area contributed by atoms with Crippen LogP contribution >= 0.6 is 0 Å². The number of hydrogen-bond acceptors (Lipinski definition) is 7. The fourth-order valence-corrected chi connectivity index (χ4v) is 3.92. The van der Waals surface area contributed by atoms with Crippen molar-refractivity contribution in [2.24, 2.45) is 0 Å². The molecule has 1 aromatic carbocycles. The van der Waals surface area contributed by atoms with Gasteiger partial charge < -0.3 is 24.8 Å². The molecule has 2 N–H and O–H groups in total. The van der Waals surface area contributed by atoms with E-state index in [0.29, 0.717) is 36.8 Å². The number of anilines is 1. The summed E-state index contributed by atoms with van der Waals surface area (Å²) in [5.74, 6) is 0.890. The summed E-state index contributed by atoms with van der Waals surface area (Å²) in [6.45, 7) is 1.27. The number of carbonyl (C=O) groups excluding carboxylic acids is 1. The minimum absolute atomic E-state index is 0.203. The Morgan fingerprint density at radius 3 is 3.10 bits per heavy atom. The van der Waals surface area contributed by atoms with Gasteiger partial charge in [-0.15, -0.1) is 0 Å². The number of nitrogens with one attached hydrogen (secondary N) is 1. The number of benzene rings is 1. The number of ether oxygens (including phenoxy) is 2. The second-order valence-electron chi connectivity index (χ2n) is 7.22. The number of amides is 1. The molecule has 1 fully saturated rings. The largest absolute Gasteiger partial charge is 0.497 e. The fourth-order valence-electron chi connectivity index (χ4n) is 3.92. The first kappa shape index (κ1) is 17.7. The molecule has 5 rings (SSSR count). The molecule has 3 aromatic rings. The van der Waals surface area contributed by atoms with Gasteiger partial charge in [-0.1, -0.05) is 0 Å². The van der Waals surface area contributed by atoms with Crippen molar-refractivity contribution in [1.82, 2.24) is 19.5 Å². The lowest BCUT2D eigenvalue weighted by Crippen LogP contribution is -2.40. The third-order valence-electron chi connectivity index (χ3n) is 5.41. The number of nitrogens with zero attached hydrogens (tertiary/aromatic N) is 4. The number of fused-ring (bicyclic) bond motifs is 5. The van der Waals surface area contributed by atoms with Crippen LogP contribution in [0.5, 0.6) is 11.6 Å². The van der Waals surface area contributed by atoms with E-state index in [1.54, 1.807) is 35.0 Å². The van der Waals surface area contributed by atoms with Gasteiger partial charge in [-0.2, -0.15) is 10.1 Å². The van der Waals surface area contributed by atoms with Gasteiger partial charge in [0.15, 0.2) is 5.65 Å². The Labute approximate surface area is 166 Å². The van der Waals surface area contributed by atoms with Crippen LogP contribution in [0.1, 0.15) is 6.42 Å². The lowest BCUT2D eigenvalue weighted by atomic mass is 10.1. The van der Waals surface area contributed by atoms with E-state index in [-0.39, 0.29) is 18.6 Å². The molecule has 150 valence electrons. The van der Waals surface area contributed by atoms with Gasteiger partial charge >= 0.3 is 0 Å². The first-order chi connectivity index (χ1) is 14.1. The molecule has 4 bridgehead atoms. The monoisotopic (exact) mass is 395 g/mol. The molecule has 0 unspecified atom stereocenters. The molecular weight excluding hydrogens is 374 g/mol. The number of methoxy groups -OCH3 is 1. The predicted octanol–water partition coefficient (Wildman–Crippen LogP) is 1.17. The Balaban J connectivity index is 1.60. The molecule has 2 aromatic heterocycles. The van der Waals surface area contributed by atoms with E-state index < -0.39 is 6.10 Å². The number of aromatic nitrogens is 3. The molecule has 0 spiro atoms. The van der Waals surface area contributed by atoms with Gasteiger partial charge in [0.1, 0.15) is 18.5 Å². The van der Waals surface area contributed by atoms with Crippen molar-refractivity contribution in [1.29, 1.82) is 0 Å². The Kier molecular flexibility index (Phi) is 4.24. The van der Waals surface area contributed by atoms with Gasteiger partial charge in [0.2, 0.25) is 5.88 Å². The topological polar surface area (TPSA) is 101 Å². The van der Waals surface area contributed by atoms with Crippen LogP contribution in [0.25, 0.3) is 16.8 Å². The number of hydrogen-bond donors (Lipinski definition) is 2. The van der Waals surface area contributed by atoms with Gasteiger partial charge in [0.05, 0.1) is 19.3 Å². The summed E-state index contributed by atoms with van der Waals surface area (Å²) in [7, 11) is 1.62. The molecule has 9 heteroatoms. The van der Waals surface area contributed by atoms with E-state index in [0.717, 1.165) is 16.8 Å². The van der Waals surface area contributed by atoms with Crippen molar-refractivity contribution < 1.29 is 19.4 Å². The van der Waals surface area contributed by atoms with Crippen LogP contribution < -0.4 is 14.8 Å². The van der Waals surface area contributed by atoms with Crippen molar-refractivity contribution in [3.8, 4) is 22.8 Å². The van der Waals surface area contributed by atoms with Crippen LogP contribution in [0.4, 0.5) is 5.69 Å². The number of aliphatic hydroxyl groups excluding tert-OH is 1. The molecule has 9 nitrogen and oxygen atoms in total. The van der Waals surface area contributed by atoms with E-state index in [4.69, 9.17) is 9.47 Å². The van der Waals surface area contributed by atoms with Gasteiger partial charge in [-0.25, -0.2) is 4.52 Å². The molecule has 2 aliphatic rings. The zero-order valence-electron chi connectivity index (χ0n) is 15.9. The SMILES string of the molecule is COc1cc2cc(c1)-c1cnn3ccc(nc13)OC[C@@H]1C[C@@H](O)C(=O)N1CCN2. The Hall–Kier alpha value is -3.33. The fraction of sp³-hybridized carbons (Fsp3) is 0.350. The zero-order valence-corrected chi connectivity index (χ0v) is 15.9. The van der Waals surface area contributed by atoms with E-state index >= 15 is 0 Å². The molecule has 0 radical (unpaired) electrons. The number of carbonyl (C=O) groups is 1. The Morgan fingerprint density at radius 2 is 2.24 bits per heavy atom. The highest BCUT2D eigenvalue weighted by molar-refractivity contribution is 5.83. The lowest BCUT2D eigenvalue weighted by Gasteiger charge is -2.25. The number of aliphatic hydroxyl groups is 1. The van der Waals surface area contributed by atoms with Crippen molar-refractivity contribution in [3.05, 3.63) is 36.7 Å². The smallest absolute Gasteiger partial charge is 0.251 e. The average molecular weight is 395 g/mol. The summed E-state index contributed by atoms with van der Waals surface area (Å²) in [5, 5.41) is 17.8. The molecule has 2 atom stereocenters. The summed E-state index contributed by atoms with van der Waals surface area (Å²) in [5.41, 5.74) is 3.31. The number of rotatable bonds is 1. The second kappa shape index (κ2) is 6.93. The van der Waals surface area contributed by atoms with Gasteiger partial charge in [0, 0.05) is 49.1 Å². The predicted molar refractivity (Wildman–Crippen MR) is 105 cm³/mol. The van der Waals surface area contributed by atoms with E-state index in [1.165, 1.54) is 0 Å². The maximum atomic E-state index is 12.4. The van der Waals surface area contributed by atoms with E-state index in [1.807, 2.05) is 18.2 Å². The van der Waals surface area contributed by atoms with Gasteiger partial charge in [0.25, 0.3) is 5.91 Å². The van der Waals surface area contributed by atoms with Crippen molar-refractivity contribution in [3.63, 3.8) is 0 Å². The highest BCUT2D eigenvalue weighted by Gasteiger charge is 2.38. The van der Waals surface area contributed by atoms with Gasteiger partial charge in [-0.3, -0.25) is 4.79 Å². The third-order valence-corrected chi connectivity index (χ3v) is 5.41. The summed E-state index contributed by atoms with van der Waals surface area (Å²) in [6, 6.07) is 7.37. The highest BCUT2D eigenvalue weighted by Crippen LogP contribution is 2.31. The average Bonchev–Trinajstić information content (AvgIpc) is 3.27. The molecule has 1 saturated heterocycles. The minimum Gasteiger partial charge on any atom is -0.497 e. The normalized spacial score (nSPS) is 21.4. The minimum atomic E-state index is -0.987. The highest BCUT2D eigenvalue weighted by atomic mass is 16.5. The van der Waals surface area contributed by atoms with Crippen molar-refractivity contribution in [2.45, 2.75) is 18.6 Å². The lowest BCUT2D eigenvalue weighted by molar-refractivity contribution is -0.135. The molecule has 29 heavy (non-hydrogen) atoms. The zero-order chi connectivity index (χ0) is 20.0. The van der Waals surface area contributed by atoms with E-state index in [2.05, 4.69) is 15.4 Å². The summed E-state index contributed by atoms with van der Waals surface area (Å²) in [6.07, 6.45) is 2.92. The maximum absolute atomic E-state index is 12.4. The third kappa shape index (κ3) is 3.13. The molecule has 4 heterocycles. The first-order valence-electron chi connectivity index (χ1n) is 9.51. The second-order valence-corrected chi connectivity index (χ2v) is 7.22. The first-order valence-corrected chi connectivity index (χ1v) is 9.51. The van der Waals surface area contributed by atoms with Crippen LogP contribution in [0.3, 0.4) is 0 Å². The molecule has 0 aliphatic carbocycles. The summed E-state index contributed by atoms with van der Waals surface area (Å²) in [4.78, 5) is 18.7. The van der Waals surface area contributed by atoms with Crippen LogP contribution in [-0.2, 0) is 4.79 Å². The van der Waals surface area contributed by atoms with E-state index in [9.17, 15) is 9.90 Å². The molecule has 1 amide bonds. The van der Waals surface area contributed by atoms with Crippen LogP contribution in [-0.4, -0.2) is 69.5 Å². The van der Waals surface area contributed by atoms with Crippen molar-refractivity contribution >= 4 is 17.2 Å². The van der Waals surface area contributed by atoms with Crippen LogP contribution in [0.2, 0.25) is 0 Å². The Morgan fingerprint density at radius 1 is 1.34 bits per heavy atom. The van der Waals surface area contributed by atoms with Gasteiger partial charge in [-0.05, 0) is 17.7 Å². The van der Waals surface area contributed by atoms with Crippen molar-refractivity contribution in [2.75, 3.05) is 32.1 Å². The Bertz CT molecular complexity index is 1080.